The number of fused-ring (bicyclic) bond motifs is 1. The first kappa shape index (κ1) is 17.5. The van der Waals surface area contributed by atoms with Crippen molar-refractivity contribution >= 4 is 27.9 Å². The predicted octanol–water partition coefficient (Wildman–Crippen LogP) is 1.19. The average Bonchev–Trinajstić information content (AvgIpc) is 3.03. The minimum atomic E-state index is -3.50. The molecule has 0 radical (unpaired) electrons. The van der Waals surface area contributed by atoms with E-state index in [-0.39, 0.29) is 25.2 Å². The fourth-order valence-electron chi connectivity index (χ4n) is 3.09. The van der Waals surface area contributed by atoms with Gasteiger partial charge in [0.2, 0.25) is 0 Å². The molecule has 132 valence electrons. The van der Waals surface area contributed by atoms with E-state index in [9.17, 15) is 13.2 Å². The zero-order valence-corrected chi connectivity index (χ0v) is 15.1. The van der Waals surface area contributed by atoms with Gasteiger partial charge in [0, 0.05) is 32.2 Å². The summed E-state index contributed by atoms with van der Waals surface area (Å²) in [5.74, 6) is 0. The van der Waals surface area contributed by atoms with E-state index in [0.29, 0.717) is 18.0 Å². The van der Waals surface area contributed by atoms with E-state index in [2.05, 4.69) is 0 Å². The van der Waals surface area contributed by atoms with Crippen LogP contribution < -0.4 is 0 Å². The van der Waals surface area contributed by atoms with Gasteiger partial charge in [0.1, 0.15) is 6.10 Å². The monoisotopic (exact) mass is 373 g/mol. The summed E-state index contributed by atoms with van der Waals surface area (Å²) in [5.41, 5.74) is 1.02. The van der Waals surface area contributed by atoms with E-state index in [4.69, 9.17) is 16.3 Å². The van der Waals surface area contributed by atoms with Crippen LogP contribution in [-0.2, 0) is 21.4 Å². The van der Waals surface area contributed by atoms with E-state index in [1.807, 2.05) is 18.2 Å². The third kappa shape index (κ3) is 3.23. The highest BCUT2D eigenvalue weighted by atomic mass is 35.5. The smallest absolute Gasteiger partial charge is 0.410 e. The Morgan fingerprint density at radius 3 is 2.75 bits per heavy atom. The first-order valence-corrected chi connectivity index (χ1v) is 9.46. The van der Waals surface area contributed by atoms with Crippen molar-refractivity contribution in [1.82, 2.24) is 13.5 Å². The van der Waals surface area contributed by atoms with Gasteiger partial charge in [0.15, 0.2) is 0 Å². The highest BCUT2D eigenvalue weighted by molar-refractivity contribution is 7.86. The van der Waals surface area contributed by atoms with Crippen LogP contribution in [-0.4, -0.2) is 73.9 Å². The Hall–Kier alpha value is -1.35. The van der Waals surface area contributed by atoms with Gasteiger partial charge in [0.05, 0.1) is 12.6 Å². The van der Waals surface area contributed by atoms with E-state index < -0.39 is 16.3 Å². The lowest BCUT2D eigenvalue weighted by molar-refractivity contribution is 0.129. The maximum absolute atomic E-state index is 12.2. The summed E-state index contributed by atoms with van der Waals surface area (Å²) < 4.78 is 32.4. The predicted molar refractivity (Wildman–Crippen MR) is 90.1 cm³/mol. The van der Waals surface area contributed by atoms with Gasteiger partial charge in [-0.3, -0.25) is 4.90 Å². The number of halogens is 1. The molecule has 0 saturated carbocycles. The molecule has 2 atom stereocenters. The van der Waals surface area contributed by atoms with Crippen LogP contribution in [0.2, 0.25) is 5.02 Å². The molecule has 2 saturated heterocycles. The number of hydrogen-bond acceptors (Lipinski definition) is 4. The molecule has 2 aliphatic heterocycles. The molecule has 0 aromatic heterocycles. The fraction of sp³-hybridized carbons (Fsp3) is 0.533. The van der Waals surface area contributed by atoms with Gasteiger partial charge in [0.25, 0.3) is 10.2 Å². The Morgan fingerprint density at radius 1 is 1.33 bits per heavy atom. The van der Waals surface area contributed by atoms with Crippen molar-refractivity contribution in [3.05, 3.63) is 34.9 Å². The Labute approximate surface area is 146 Å². The molecular weight excluding hydrogens is 354 g/mol. The molecule has 0 aliphatic carbocycles. The normalized spacial score (nSPS) is 24.5. The van der Waals surface area contributed by atoms with Crippen LogP contribution in [0.5, 0.6) is 0 Å². The standard InChI is InChI=1S/C15H20ClN3O4S/c1-17(2)24(21,22)18-9-13-14(10-18)23-15(20)19(13)7-6-11-4-3-5-12(16)8-11/h3-5,8,13-14H,6-7,9-10H2,1-2H3/t13-,14+/m0/s1. The summed E-state index contributed by atoms with van der Waals surface area (Å²) in [5, 5.41) is 0.651. The zero-order chi connectivity index (χ0) is 17.5. The molecule has 0 spiro atoms. The van der Waals surface area contributed by atoms with Crippen molar-refractivity contribution in [1.29, 1.82) is 0 Å². The second-order valence-electron chi connectivity index (χ2n) is 6.17. The van der Waals surface area contributed by atoms with Gasteiger partial charge >= 0.3 is 6.09 Å². The molecule has 9 heteroatoms. The highest BCUT2D eigenvalue weighted by Crippen LogP contribution is 2.29. The highest BCUT2D eigenvalue weighted by Gasteiger charge is 2.50. The molecule has 0 bridgehead atoms. The topological polar surface area (TPSA) is 70.2 Å². The summed E-state index contributed by atoms with van der Waals surface area (Å²) in [6.07, 6.45) is -0.153. The molecular formula is C15H20ClN3O4S. The molecule has 1 amide bonds. The summed E-state index contributed by atoms with van der Waals surface area (Å²) in [7, 11) is -0.516. The molecule has 0 N–H and O–H groups in total. The Bertz CT molecular complexity index is 740. The number of amides is 1. The van der Waals surface area contributed by atoms with Crippen molar-refractivity contribution in [2.45, 2.75) is 18.6 Å². The Morgan fingerprint density at radius 2 is 2.08 bits per heavy atom. The molecule has 7 nitrogen and oxygen atoms in total. The quantitative estimate of drug-likeness (QED) is 0.777. The largest absolute Gasteiger partial charge is 0.442 e. The van der Waals surface area contributed by atoms with E-state index in [0.717, 1.165) is 5.56 Å². The minimum absolute atomic E-state index is 0.199. The van der Waals surface area contributed by atoms with Crippen LogP contribution in [0.15, 0.2) is 24.3 Å². The van der Waals surface area contributed by atoms with Gasteiger partial charge in [-0.05, 0) is 24.1 Å². The van der Waals surface area contributed by atoms with E-state index in [1.165, 1.54) is 22.7 Å². The number of benzene rings is 1. The lowest BCUT2D eigenvalue weighted by atomic mass is 10.1. The van der Waals surface area contributed by atoms with E-state index >= 15 is 0 Å². The van der Waals surface area contributed by atoms with Crippen LogP contribution in [0.3, 0.4) is 0 Å². The number of nitrogens with zero attached hydrogens (tertiary/aromatic N) is 3. The lowest BCUT2D eigenvalue weighted by Gasteiger charge is -2.24. The molecule has 1 aromatic rings. The molecule has 2 aliphatic rings. The van der Waals surface area contributed by atoms with Crippen LogP contribution in [0.25, 0.3) is 0 Å². The Kier molecular flexibility index (Phi) is 4.74. The van der Waals surface area contributed by atoms with Crippen molar-refractivity contribution in [3.8, 4) is 0 Å². The molecule has 24 heavy (non-hydrogen) atoms. The Balaban J connectivity index is 1.68. The van der Waals surface area contributed by atoms with Crippen LogP contribution in [0.1, 0.15) is 5.56 Å². The third-order valence-corrected chi connectivity index (χ3v) is 6.52. The number of carbonyl (C=O) groups is 1. The van der Waals surface area contributed by atoms with Crippen molar-refractivity contribution in [2.75, 3.05) is 33.7 Å². The average molecular weight is 374 g/mol. The van der Waals surface area contributed by atoms with Gasteiger partial charge in [-0.15, -0.1) is 0 Å². The summed E-state index contributed by atoms with van der Waals surface area (Å²) >= 11 is 5.97. The molecule has 3 rings (SSSR count). The minimum Gasteiger partial charge on any atom is -0.442 e. The van der Waals surface area contributed by atoms with Crippen LogP contribution in [0, 0.1) is 0 Å². The van der Waals surface area contributed by atoms with Crippen molar-refractivity contribution < 1.29 is 17.9 Å². The van der Waals surface area contributed by atoms with E-state index in [1.54, 1.807) is 11.0 Å². The third-order valence-electron chi connectivity index (χ3n) is 4.41. The van der Waals surface area contributed by atoms with Gasteiger partial charge in [-0.1, -0.05) is 23.7 Å². The molecule has 2 heterocycles. The maximum Gasteiger partial charge on any atom is 0.410 e. The number of rotatable bonds is 5. The second-order valence-corrected chi connectivity index (χ2v) is 8.75. The van der Waals surface area contributed by atoms with Crippen molar-refractivity contribution in [2.24, 2.45) is 0 Å². The summed E-state index contributed by atoms with van der Waals surface area (Å²) in [4.78, 5) is 13.7. The summed E-state index contributed by atoms with van der Waals surface area (Å²) in [6.45, 7) is 0.924. The molecule has 1 aromatic carbocycles. The van der Waals surface area contributed by atoms with Gasteiger partial charge < -0.3 is 4.74 Å². The van der Waals surface area contributed by atoms with Gasteiger partial charge in [-0.2, -0.15) is 17.0 Å². The second kappa shape index (κ2) is 6.51. The maximum atomic E-state index is 12.2. The summed E-state index contributed by atoms with van der Waals surface area (Å²) in [6, 6.07) is 7.22. The lowest BCUT2D eigenvalue weighted by Crippen LogP contribution is -2.43. The first-order chi connectivity index (χ1) is 11.3. The first-order valence-electron chi connectivity index (χ1n) is 7.68. The van der Waals surface area contributed by atoms with Crippen LogP contribution in [0.4, 0.5) is 4.79 Å². The number of ether oxygens (including phenoxy) is 1. The van der Waals surface area contributed by atoms with Crippen LogP contribution >= 0.6 is 11.6 Å². The fourth-order valence-corrected chi connectivity index (χ4v) is 4.44. The van der Waals surface area contributed by atoms with Crippen molar-refractivity contribution in [3.63, 3.8) is 0 Å². The van der Waals surface area contributed by atoms with Gasteiger partial charge in [-0.25, -0.2) is 4.79 Å². The molecule has 0 unspecified atom stereocenters. The number of carbonyl (C=O) groups excluding carboxylic acids is 1. The number of hydrogen-bond donors (Lipinski definition) is 0. The SMILES string of the molecule is CN(C)S(=O)(=O)N1C[C@H]2OC(=O)N(CCc3cccc(Cl)c3)[C@H]2C1. The zero-order valence-electron chi connectivity index (χ0n) is 13.6. The molecule has 2 fully saturated rings.